The van der Waals surface area contributed by atoms with Crippen molar-refractivity contribution in [1.29, 1.82) is 0 Å². The van der Waals surface area contributed by atoms with Crippen LogP contribution in [-0.2, 0) is 6.42 Å². The topological polar surface area (TPSA) is 21.3 Å². The van der Waals surface area contributed by atoms with Crippen LogP contribution < -0.4 is 10.1 Å². The van der Waals surface area contributed by atoms with Crippen molar-refractivity contribution in [3.05, 3.63) is 29.6 Å². The zero-order valence-corrected chi connectivity index (χ0v) is 11.6. The smallest absolute Gasteiger partial charge is 0.165 e. The van der Waals surface area contributed by atoms with Crippen LogP contribution in [0.25, 0.3) is 0 Å². The van der Waals surface area contributed by atoms with Crippen LogP contribution in [0.3, 0.4) is 0 Å². The van der Waals surface area contributed by atoms with Gasteiger partial charge in [0.15, 0.2) is 11.6 Å². The lowest BCUT2D eigenvalue weighted by Crippen LogP contribution is -2.18. The molecular formula is C15H24FNO. The molecule has 0 saturated heterocycles. The maximum absolute atomic E-state index is 13.5. The van der Waals surface area contributed by atoms with E-state index >= 15 is 0 Å². The van der Waals surface area contributed by atoms with Gasteiger partial charge in [-0.25, -0.2) is 4.39 Å². The molecular weight excluding hydrogens is 229 g/mol. The molecule has 0 aliphatic rings. The Morgan fingerprint density at radius 1 is 1.33 bits per heavy atom. The molecule has 0 aromatic heterocycles. The third kappa shape index (κ3) is 5.05. The van der Waals surface area contributed by atoms with Gasteiger partial charge in [-0.15, -0.1) is 0 Å². The van der Waals surface area contributed by atoms with Gasteiger partial charge in [0.25, 0.3) is 0 Å². The third-order valence-electron chi connectivity index (χ3n) is 3.04. The van der Waals surface area contributed by atoms with Gasteiger partial charge in [0.1, 0.15) is 0 Å². The van der Waals surface area contributed by atoms with E-state index in [4.69, 9.17) is 4.74 Å². The molecule has 1 unspecified atom stereocenters. The maximum Gasteiger partial charge on any atom is 0.165 e. The summed E-state index contributed by atoms with van der Waals surface area (Å²) < 4.78 is 18.4. The standard InChI is InChI=1S/C15H24FNO/c1-4-8-17-9-7-12(2)10-13-5-6-15(18-3)14(16)11-13/h5-6,11-12,17H,4,7-10H2,1-3H3. The minimum Gasteiger partial charge on any atom is -0.494 e. The van der Waals surface area contributed by atoms with E-state index < -0.39 is 0 Å². The van der Waals surface area contributed by atoms with Crippen LogP contribution in [0.1, 0.15) is 32.3 Å². The highest BCUT2D eigenvalue weighted by Crippen LogP contribution is 2.20. The summed E-state index contributed by atoms with van der Waals surface area (Å²) in [5.74, 6) is 0.601. The van der Waals surface area contributed by atoms with Crippen LogP contribution in [0, 0.1) is 11.7 Å². The average molecular weight is 253 g/mol. The van der Waals surface area contributed by atoms with Crippen LogP contribution in [0.2, 0.25) is 0 Å². The summed E-state index contributed by atoms with van der Waals surface area (Å²) in [4.78, 5) is 0. The van der Waals surface area contributed by atoms with Crippen molar-refractivity contribution in [2.45, 2.75) is 33.1 Å². The summed E-state index contributed by atoms with van der Waals surface area (Å²) in [6.07, 6.45) is 3.19. The number of methoxy groups -OCH3 is 1. The van der Waals surface area contributed by atoms with Crippen molar-refractivity contribution >= 4 is 0 Å². The van der Waals surface area contributed by atoms with E-state index in [0.717, 1.165) is 37.9 Å². The summed E-state index contributed by atoms with van der Waals surface area (Å²) in [5, 5.41) is 3.39. The normalized spacial score (nSPS) is 12.4. The molecule has 0 spiro atoms. The first kappa shape index (κ1) is 15.0. The van der Waals surface area contributed by atoms with Gasteiger partial charge in [0.2, 0.25) is 0 Å². The maximum atomic E-state index is 13.5. The zero-order chi connectivity index (χ0) is 13.4. The van der Waals surface area contributed by atoms with Gasteiger partial charge in [0.05, 0.1) is 7.11 Å². The van der Waals surface area contributed by atoms with Crippen molar-refractivity contribution < 1.29 is 9.13 Å². The Bertz CT molecular complexity index is 354. The molecule has 2 nitrogen and oxygen atoms in total. The van der Waals surface area contributed by atoms with E-state index in [-0.39, 0.29) is 5.82 Å². The molecule has 0 fully saturated rings. The molecule has 0 heterocycles. The molecule has 0 bridgehead atoms. The zero-order valence-electron chi connectivity index (χ0n) is 11.6. The number of ether oxygens (including phenoxy) is 1. The molecule has 102 valence electrons. The lowest BCUT2D eigenvalue weighted by atomic mass is 9.98. The molecule has 1 N–H and O–H groups in total. The molecule has 1 aromatic carbocycles. The average Bonchev–Trinajstić information content (AvgIpc) is 2.35. The van der Waals surface area contributed by atoms with Crippen molar-refractivity contribution in [2.24, 2.45) is 5.92 Å². The number of halogens is 1. The summed E-state index contributed by atoms with van der Waals surface area (Å²) in [5.41, 5.74) is 1.04. The number of nitrogens with one attached hydrogen (secondary N) is 1. The van der Waals surface area contributed by atoms with E-state index in [1.54, 1.807) is 12.1 Å². The van der Waals surface area contributed by atoms with Gasteiger partial charge >= 0.3 is 0 Å². The molecule has 0 saturated carbocycles. The molecule has 1 rings (SSSR count). The molecule has 1 atom stereocenters. The Hall–Kier alpha value is -1.09. The Labute approximate surface area is 110 Å². The molecule has 3 heteroatoms. The molecule has 1 aromatic rings. The van der Waals surface area contributed by atoms with Gasteiger partial charge in [-0.3, -0.25) is 0 Å². The summed E-state index contributed by atoms with van der Waals surface area (Å²) in [6, 6.07) is 5.22. The quantitative estimate of drug-likeness (QED) is 0.717. The minimum absolute atomic E-state index is 0.272. The number of hydrogen-bond donors (Lipinski definition) is 1. The van der Waals surface area contributed by atoms with Crippen LogP contribution >= 0.6 is 0 Å². The van der Waals surface area contributed by atoms with Crippen molar-refractivity contribution in [2.75, 3.05) is 20.2 Å². The highest BCUT2D eigenvalue weighted by Gasteiger charge is 2.07. The van der Waals surface area contributed by atoms with Crippen molar-refractivity contribution in [3.8, 4) is 5.75 Å². The van der Waals surface area contributed by atoms with Gasteiger partial charge in [-0.05, 0) is 56.0 Å². The summed E-state index contributed by atoms with van der Waals surface area (Å²) >= 11 is 0. The predicted molar refractivity (Wildman–Crippen MR) is 73.6 cm³/mol. The first-order valence-corrected chi connectivity index (χ1v) is 6.70. The lowest BCUT2D eigenvalue weighted by Gasteiger charge is -2.12. The second-order valence-corrected chi connectivity index (χ2v) is 4.82. The Balaban J connectivity index is 2.39. The highest BCUT2D eigenvalue weighted by atomic mass is 19.1. The highest BCUT2D eigenvalue weighted by molar-refractivity contribution is 5.29. The first-order valence-electron chi connectivity index (χ1n) is 6.70. The van der Waals surface area contributed by atoms with E-state index in [9.17, 15) is 4.39 Å². The fraction of sp³-hybridized carbons (Fsp3) is 0.600. The van der Waals surface area contributed by atoms with Gasteiger partial charge < -0.3 is 10.1 Å². The second-order valence-electron chi connectivity index (χ2n) is 4.82. The van der Waals surface area contributed by atoms with Gasteiger partial charge in [0, 0.05) is 0 Å². The third-order valence-corrected chi connectivity index (χ3v) is 3.04. The van der Waals surface area contributed by atoms with Crippen LogP contribution in [-0.4, -0.2) is 20.2 Å². The minimum atomic E-state index is -0.272. The van der Waals surface area contributed by atoms with Crippen LogP contribution in [0.15, 0.2) is 18.2 Å². The van der Waals surface area contributed by atoms with Gasteiger partial charge in [-0.2, -0.15) is 0 Å². The summed E-state index contributed by atoms with van der Waals surface area (Å²) in [7, 11) is 1.49. The van der Waals surface area contributed by atoms with Crippen LogP contribution in [0.4, 0.5) is 4.39 Å². The van der Waals surface area contributed by atoms with E-state index in [1.807, 2.05) is 6.07 Å². The predicted octanol–water partition coefficient (Wildman–Crippen LogP) is 3.40. The summed E-state index contributed by atoms with van der Waals surface area (Å²) in [6.45, 7) is 6.48. The first-order chi connectivity index (χ1) is 8.67. The Morgan fingerprint density at radius 3 is 2.72 bits per heavy atom. The molecule has 0 radical (unpaired) electrons. The van der Waals surface area contributed by atoms with Crippen molar-refractivity contribution in [1.82, 2.24) is 5.32 Å². The van der Waals surface area contributed by atoms with E-state index in [2.05, 4.69) is 19.2 Å². The Morgan fingerprint density at radius 2 is 2.11 bits per heavy atom. The van der Waals surface area contributed by atoms with E-state index in [1.165, 1.54) is 7.11 Å². The SMILES string of the molecule is CCCNCCC(C)Cc1ccc(OC)c(F)c1. The van der Waals surface area contributed by atoms with Crippen molar-refractivity contribution in [3.63, 3.8) is 0 Å². The number of hydrogen-bond acceptors (Lipinski definition) is 2. The molecule has 18 heavy (non-hydrogen) atoms. The largest absolute Gasteiger partial charge is 0.494 e. The molecule has 0 aliphatic carbocycles. The monoisotopic (exact) mass is 253 g/mol. The molecule has 0 amide bonds. The van der Waals surface area contributed by atoms with Crippen LogP contribution in [0.5, 0.6) is 5.75 Å². The fourth-order valence-corrected chi connectivity index (χ4v) is 1.99. The number of benzene rings is 1. The fourth-order valence-electron chi connectivity index (χ4n) is 1.99. The Kier molecular flexibility index (Phi) is 6.73. The molecule has 0 aliphatic heterocycles. The van der Waals surface area contributed by atoms with Gasteiger partial charge in [-0.1, -0.05) is 19.9 Å². The second kappa shape index (κ2) is 8.09. The van der Waals surface area contributed by atoms with E-state index in [0.29, 0.717) is 11.7 Å². The number of rotatable bonds is 8. The lowest BCUT2D eigenvalue weighted by molar-refractivity contribution is 0.385.